The van der Waals surface area contributed by atoms with E-state index in [4.69, 9.17) is 14.2 Å². The van der Waals surface area contributed by atoms with E-state index in [9.17, 15) is 9.90 Å². The summed E-state index contributed by atoms with van der Waals surface area (Å²) in [5.41, 5.74) is 1.86. The first-order valence-electron chi connectivity index (χ1n) is 7.91. The van der Waals surface area contributed by atoms with Gasteiger partial charge in [0.2, 0.25) is 5.75 Å². The maximum absolute atomic E-state index is 12.7. The van der Waals surface area contributed by atoms with E-state index in [2.05, 4.69) is 4.98 Å². The highest BCUT2D eigenvalue weighted by atomic mass is 16.5. The fourth-order valence-electron chi connectivity index (χ4n) is 2.83. The fourth-order valence-corrected chi connectivity index (χ4v) is 2.83. The molecule has 0 aliphatic heterocycles. The second kappa shape index (κ2) is 7.23. The number of carbonyl (C=O) groups is 1. The van der Waals surface area contributed by atoms with E-state index < -0.39 is 5.78 Å². The third-order valence-corrected chi connectivity index (χ3v) is 4.11. The molecule has 0 amide bonds. The Kier molecular flexibility index (Phi) is 4.84. The number of hydrogen-bond acceptors (Lipinski definition) is 5. The summed E-state index contributed by atoms with van der Waals surface area (Å²) >= 11 is 0. The van der Waals surface area contributed by atoms with Crippen LogP contribution < -0.4 is 14.2 Å². The Balaban J connectivity index is 2.02. The normalized spacial score (nSPS) is 11.0. The van der Waals surface area contributed by atoms with Gasteiger partial charge >= 0.3 is 0 Å². The van der Waals surface area contributed by atoms with Crippen LogP contribution in [0, 0.1) is 0 Å². The van der Waals surface area contributed by atoms with Crippen molar-refractivity contribution in [2.45, 2.75) is 0 Å². The largest absolute Gasteiger partial charge is 0.504 e. The summed E-state index contributed by atoms with van der Waals surface area (Å²) in [7, 11) is 4.25. The monoisotopic (exact) mass is 353 g/mol. The smallest absolute Gasteiger partial charge is 0.204 e. The molecule has 0 radical (unpaired) electrons. The van der Waals surface area contributed by atoms with Crippen LogP contribution in [-0.2, 0) is 0 Å². The first-order chi connectivity index (χ1) is 12.6. The Bertz CT molecular complexity index is 987. The maximum Gasteiger partial charge on any atom is 0.204 e. The lowest BCUT2D eigenvalue weighted by molar-refractivity contribution is 0.104. The van der Waals surface area contributed by atoms with Crippen molar-refractivity contribution in [2.24, 2.45) is 0 Å². The lowest BCUT2D eigenvalue weighted by Crippen LogP contribution is -2.03. The molecule has 1 heterocycles. The van der Waals surface area contributed by atoms with Crippen LogP contribution in [0.5, 0.6) is 23.0 Å². The summed E-state index contributed by atoms with van der Waals surface area (Å²) < 4.78 is 15.6. The van der Waals surface area contributed by atoms with E-state index in [1.807, 2.05) is 30.5 Å². The molecule has 0 unspecified atom stereocenters. The van der Waals surface area contributed by atoms with E-state index >= 15 is 0 Å². The minimum atomic E-state index is -0.411. The number of rotatable bonds is 6. The van der Waals surface area contributed by atoms with Crippen molar-refractivity contribution in [2.75, 3.05) is 21.3 Å². The fraction of sp³-hybridized carbons (Fsp3) is 0.150. The molecule has 26 heavy (non-hydrogen) atoms. The van der Waals surface area contributed by atoms with Gasteiger partial charge in [-0.05, 0) is 23.8 Å². The van der Waals surface area contributed by atoms with Crippen molar-refractivity contribution >= 4 is 22.8 Å². The van der Waals surface area contributed by atoms with Crippen LogP contribution in [-0.4, -0.2) is 37.2 Å². The van der Waals surface area contributed by atoms with Crippen LogP contribution in [0.25, 0.3) is 17.0 Å². The summed E-state index contributed by atoms with van der Waals surface area (Å²) in [6.07, 6.45) is 4.90. The lowest BCUT2D eigenvalue weighted by Gasteiger charge is -2.15. The van der Waals surface area contributed by atoms with Gasteiger partial charge in [-0.15, -0.1) is 0 Å². The van der Waals surface area contributed by atoms with Crippen LogP contribution in [0.2, 0.25) is 0 Å². The number of nitrogens with one attached hydrogen (secondary N) is 1. The molecule has 0 spiro atoms. The molecule has 0 fully saturated rings. The summed E-state index contributed by atoms with van der Waals surface area (Å²) in [5, 5.41) is 11.5. The molecular formula is C20H19NO5. The third-order valence-electron chi connectivity index (χ3n) is 4.11. The Morgan fingerprint density at radius 2 is 1.81 bits per heavy atom. The average molecular weight is 353 g/mol. The van der Waals surface area contributed by atoms with Gasteiger partial charge in [-0.3, -0.25) is 4.79 Å². The number of fused-ring (bicyclic) bond motifs is 1. The first kappa shape index (κ1) is 17.4. The molecule has 3 aromatic rings. The zero-order valence-corrected chi connectivity index (χ0v) is 14.7. The number of aromatic nitrogens is 1. The zero-order chi connectivity index (χ0) is 18.7. The van der Waals surface area contributed by atoms with Crippen molar-refractivity contribution in [3.8, 4) is 23.0 Å². The van der Waals surface area contributed by atoms with Crippen molar-refractivity contribution in [1.82, 2.24) is 4.98 Å². The molecule has 6 heteroatoms. The molecule has 134 valence electrons. The third kappa shape index (κ3) is 2.97. The number of methoxy groups -OCH3 is 3. The average Bonchev–Trinajstić information content (AvgIpc) is 3.08. The first-order valence-corrected chi connectivity index (χ1v) is 7.91. The second-order valence-electron chi connectivity index (χ2n) is 5.53. The molecule has 0 atom stereocenters. The summed E-state index contributed by atoms with van der Waals surface area (Å²) in [4.78, 5) is 15.9. The number of allylic oxidation sites excluding steroid dienone is 1. The number of ketones is 1. The number of para-hydroxylation sites is 1. The van der Waals surface area contributed by atoms with Crippen LogP contribution in [0.15, 0.2) is 42.6 Å². The summed E-state index contributed by atoms with van der Waals surface area (Å²) in [6, 6.07) is 9.29. The van der Waals surface area contributed by atoms with Crippen molar-refractivity contribution < 1.29 is 24.1 Å². The zero-order valence-electron chi connectivity index (χ0n) is 14.7. The van der Waals surface area contributed by atoms with Gasteiger partial charge in [0.25, 0.3) is 0 Å². The predicted molar refractivity (Wildman–Crippen MR) is 99.4 cm³/mol. The van der Waals surface area contributed by atoms with Gasteiger partial charge in [-0.25, -0.2) is 0 Å². The van der Waals surface area contributed by atoms with Crippen molar-refractivity contribution in [3.63, 3.8) is 0 Å². The number of benzene rings is 2. The molecule has 6 nitrogen and oxygen atoms in total. The Morgan fingerprint density at radius 3 is 2.50 bits per heavy atom. The molecule has 0 aliphatic rings. The number of H-pyrrole nitrogens is 1. The SMILES string of the molecule is COc1cc(OC)c(C(=O)/C=C/c2c[nH]c3ccccc23)c(O)c1OC. The van der Waals surface area contributed by atoms with Gasteiger partial charge in [-0.1, -0.05) is 18.2 Å². The number of ether oxygens (including phenoxy) is 3. The summed E-state index contributed by atoms with van der Waals surface area (Å²) in [6.45, 7) is 0. The molecule has 0 aliphatic carbocycles. The van der Waals surface area contributed by atoms with Crippen molar-refractivity contribution in [1.29, 1.82) is 0 Å². The number of phenols is 1. The number of aromatic amines is 1. The predicted octanol–water partition coefficient (Wildman–Crippen LogP) is 3.80. The number of carbonyl (C=O) groups excluding carboxylic acids is 1. The highest BCUT2D eigenvalue weighted by molar-refractivity contribution is 6.12. The van der Waals surface area contributed by atoms with Gasteiger partial charge in [0.1, 0.15) is 11.3 Å². The van der Waals surface area contributed by atoms with Gasteiger partial charge in [0.15, 0.2) is 17.3 Å². The Labute approximate surface area is 150 Å². The van der Waals surface area contributed by atoms with Gasteiger partial charge in [-0.2, -0.15) is 0 Å². The number of aromatic hydroxyl groups is 1. The van der Waals surface area contributed by atoms with E-state index in [0.717, 1.165) is 16.5 Å². The van der Waals surface area contributed by atoms with Crippen LogP contribution in [0.4, 0.5) is 0 Å². The second-order valence-corrected chi connectivity index (χ2v) is 5.53. The molecule has 2 N–H and O–H groups in total. The maximum atomic E-state index is 12.7. The Hall–Kier alpha value is -3.41. The van der Waals surface area contributed by atoms with E-state index in [0.29, 0.717) is 0 Å². The van der Waals surface area contributed by atoms with Gasteiger partial charge < -0.3 is 24.3 Å². The molecular weight excluding hydrogens is 334 g/mol. The highest BCUT2D eigenvalue weighted by Crippen LogP contribution is 2.44. The number of hydrogen-bond donors (Lipinski definition) is 2. The molecule has 0 saturated heterocycles. The Morgan fingerprint density at radius 1 is 1.08 bits per heavy atom. The minimum Gasteiger partial charge on any atom is -0.504 e. The molecule has 1 aromatic heterocycles. The van der Waals surface area contributed by atoms with Crippen molar-refractivity contribution in [3.05, 3.63) is 53.7 Å². The molecule has 3 rings (SSSR count). The topological polar surface area (TPSA) is 80.8 Å². The van der Waals surface area contributed by atoms with Gasteiger partial charge in [0, 0.05) is 23.2 Å². The van der Waals surface area contributed by atoms with E-state index in [1.54, 1.807) is 6.08 Å². The lowest BCUT2D eigenvalue weighted by atomic mass is 10.0. The molecule has 0 saturated carbocycles. The van der Waals surface area contributed by atoms with Crippen LogP contribution in [0.1, 0.15) is 15.9 Å². The molecule has 2 aromatic carbocycles. The standard InChI is InChI=1S/C20H19NO5/c1-24-16-10-17(25-2)20(26-3)19(23)18(16)15(22)9-8-12-11-21-14-7-5-4-6-13(12)14/h4-11,21,23H,1-3H3/b9-8+. The van der Waals surface area contributed by atoms with E-state index in [1.165, 1.54) is 33.5 Å². The van der Waals surface area contributed by atoms with E-state index in [-0.39, 0.29) is 28.6 Å². The quantitative estimate of drug-likeness (QED) is 0.520. The highest BCUT2D eigenvalue weighted by Gasteiger charge is 2.23. The van der Waals surface area contributed by atoms with Gasteiger partial charge in [0.05, 0.1) is 21.3 Å². The summed E-state index contributed by atoms with van der Waals surface area (Å²) in [5.74, 6) is -0.173. The number of phenolic OH excluding ortho intramolecular Hbond substituents is 1. The van der Waals surface area contributed by atoms with Crippen LogP contribution in [0.3, 0.4) is 0 Å². The molecule has 0 bridgehead atoms. The minimum absolute atomic E-state index is 0.0150. The van der Waals surface area contributed by atoms with Crippen LogP contribution >= 0.6 is 0 Å².